The number of hydrogen-bond donors (Lipinski definition) is 1. The molecular formula is C15H16ClNS. The summed E-state index contributed by atoms with van der Waals surface area (Å²) in [4.78, 5) is 1.43. The van der Waals surface area contributed by atoms with Crippen molar-refractivity contribution in [1.29, 1.82) is 0 Å². The number of nitrogens with one attached hydrogen (secondary N) is 1. The van der Waals surface area contributed by atoms with E-state index in [4.69, 9.17) is 11.6 Å². The van der Waals surface area contributed by atoms with Gasteiger partial charge in [-0.2, -0.15) is 0 Å². The molecule has 3 heteroatoms. The maximum Gasteiger partial charge on any atom is 0.0634 e. The van der Waals surface area contributed by atoms with Crippen LogP contribution < -0.4 is 5.32 Å². The van der Waals surface area contributed by atoms with E-state index >= 15 is 0 Å². The predicted octanol–water partition coefficient (Wildman–Crippen LogP) is 5.27. The molecule has 0 radical (unpaired) electrons. The van der Waals surface area contributed by atoms with E-state index in [1.807, 2.05) is 23.5 Å². The highest BCUT2D eigenvalue weighted by atomic mass is 35.5. The van der Waals surface area contributed by atoms with E-state index in [0.29, 0.717) is 6.04 Å². The van der Waals surface area contributed by atoms with Crippen LogP contribution in [0.1, 0.15) is 29.3 Å². The summed E-state index contributed by atoms with van der Waals surface area (Å²) in [5.41, 5.74) is 2.41. The van der Waals surface area contributed by atoms with Crippen molar-refractivity contribution in [3.8, 4) is 0 Å². The van der Waals surface area contributed by atoms with Crippen molar-refractivity contribution in [3.63, 3.8) is 0 Å². The molecule has 1 aliphatic carbocycles. The number of anilines is 1. The van der Waals surface area contributed by atoms with Crippen LogP contribution in [-0.4, -0.2) is 0 Å². The van der Waals surface area contributed by atoms with Gasteiger partial charge in [-0.3, -0.25) is 0 Å². The highest BCUT2D eigenvalue weighted by Gasteiger charge is 2.33. The molecule has 1 aromatic carbocycles. The summed E-state index contributed by atoms with van der Waals surface area (Å²) in [6.07, 6.45) is 2.66. The second-order valence-corrected chi connectivity index (χ2v) is 6.35. The lowest BCUT2D eigenvalue weighted by atomic mass is 10.1. The molecular weight excluding hydrogens is 262 g/mol. The fourth-order valence-electron chi connectivity index (χ4n) is 2.24. The van der Waals surface area contributed by atoms with E-state index in [2.05, 4.69) is 35.8 Å². The quantitative estimate of drug-likeness (QED) is 0.802. The SMILES string of the molecule is Cc1ccc(Cl)cc1NC(c1cccs1)C1CC1. The fourth-order valence-corrected chi connectivity index (χ4v) is 3.28. The summed E-state index contributed by atoms with van der Waals surface area (Å²) in [5, 5.41) is 6.62. The first-order valence-corrected chi connectivity index (χ1v) is 7.56. The zero-order chi connectivity index (χ0) is 12.5. The number of benzene rings is 1. The first-order valence-electron chi connectivity index (χ1n) is 6.30. The number of hydrogen-bond acceptors (Lipinski definition) is 2. The Morgan fingerprint density at radius 3 is 2.83 bits per heavy atom. The molecule has 1 fully saturated rings. The Morgan fingerprint density at radius 1 is 1.33 bits per heavy atom. The van der Waals surface area contributed by atoms with Crippen LogP contribution in [0.25, 0.3) is 0 Å². The first-order chi connectivity index (χ1) is 8.74. The molecule has 1 unspecified atom stereocenters. The van der Waals surface area contributed by atoms with E-state index in [9.17, 15) is 0 Å². The number of rotatable bonds is 4. The minimum atomic E-state index is 0.446. The molecule has 0 amide bonds. The van der Waals surface area contributed by atoms with Gasteiger partial charge in [0.15, 0.2) is 0 Å². The summed E-state index contributed by atoms with van der Waals surface area (Å²) in [7, 11) is 0. The van der Waals surface area contributed by atoms with Gasteiger partial charge in [-0.1, -0.05) is 23.7 Å². The topological polar surface area (TPSA) is 12.0 Å². The number of halogens is 1. The van der Waals surface area contributed by atoms with Crippen LogP contribution in [0.2, 0.25) is 5.02 Å². The van der Waals surface area contributed by atoms with E-state index in [-0.39, 0.29) is 0 Å². The van der Waals surface area contributed by atoms with Gasteiger partial charge in [-0.15, -0.1) is 11.3 Å². The number of thiophene rings is 1. The molecule has 1 aromatic heterocycles. The Hall–Kier alpha value is -0.990. The van der Waals surface area contributed by atoms with E-state index in [1.165, 1.54) is 23.3 Å². The van der Waals surface area contributed by atoms with Crippen LogP contribution in [0.4, 0.5) is 5.69 Å². The van der Waals surface area contributed by atoms with Crippen LogP contribution in [0.15, 0.2) is 35.7 Å². The van der Waals surface area contributed by atoms with Crippen LogP contribution in [0.3, 0.4) is 0 Å². The lowest BCUT2D eigenvalue weighted by Gasteiger charge is -2.20. The van der Waals surface area contributed by atoms with Crippen molar-refractivity contribution in [1.82, 2.24) is 0 Å². The van der Waals surface area contributed by atoms with Gasteiger partial charge < -0.3 is 5.32 Å². The summed E-state index contributed by atoms with van der Waals surface area (Å²) in [5.74, 6) is 0.780. The maximum atomic E-state index is 6.08. The van der Waals surface area contributed by atoms with Gasteiger partial charge in [0.2, 0.25) is 0 Å². The summed E-state index contributed by atoms with van der Waals surface area (Å²) in [6.45, 7) is 2.12. The van der Waals surface area contributed by atoms with Crippen LogP contribution in [0.5, 0.6) is 0 Å². The van der Waals surface area contributed by atoms with Crippen molar-refractivity contribution in [2.75, 3.05) is 5.32 Å². The van der Waals surface area contributed by atoms with Gasteiger partial charge in [0, 0.05) is 15.6 Å². The van der Waals surface area contributed by atoms with Crippen molar-refractivity contribution >= 4 is 28.6 Å². The van der Waals surface area contributed by atoms with Crippen LogP contribution in [-0.2, 0) is 0 Å². The van der Waals surface area contributed by atoms with Gasteiger partial charge in [0.25, 0.3) is 0 Å². The van der Waals surface area contributed by atoms with Crippen molar-refractivity contribution in [2.24, 2.45) is 5.92 Å². The fraction of sp³-hybridized carbons (Fsp3) is 0.333. The van der Waals surface area contributed by atoms with Crippen molar-refractivity contribution in [2.45, 2.75) is 25.8 Å². The normalized spacial score (nSPS) is 16.6. The van der Waals surface area contributed by atoms with Gasteiger partial charge in [-0.25, -0.2) is 0 Å². The Balaban J connectivity index is 1.86. The predicted molar refractivity (Wildman–Crippen MR) is 79.6 cm³/mol. The van der Waals surface area contributed by atoms with E-state index in [1.54, 1.807) is 0 Å². The molecule has 2 aromatic rings. The molecule has 94 valence electrons. The Kier molecular flexibility index (Phi) is 3.31. The van der Waals surface area contributed by atoms with E-state index < -0.39 is 0 Å². The van der Waals surface area contributed by atoms with Crippen molar-refractivity contribution in [3.05, 3.63) is 51.2 Å². The third kappa shape index (κ3) is 2.55. The van der Waals surface area contributed by atoms with Crippen molar-refractivity contribution < 1.29 is 0 Å². The van der Waals surface area contributed by atoms with Crippen LogP contribution in [0, 0.1) is 12.8 Å². The smallest absolute Gasteiger partial charge is 0.0634 e. The molecule has 1 aliphatic rings. The molecule has 1 atom stereocenters. The van der Waals surface area contributed by atoms with Gasteiger partial charge >= 0.3 is 0 Å². The molecule has 1 nitrogen and oxygen atoms in total. The lowest BCUT2D eigenvalue weighted by molar-refractivity contribution is 0.690. The molecule has 0 aliphatic heterocycles. The second-order valence-electron chi connectivity index (χ2n) is 4.93. The Bertz CT molecular complexity index is 531. The third-order valence-corrected chi connectivity index (χ3v) is 4.64. The van der Waals surface area contributed by atoms with Gasteiger partial charge in [0.1, 0.15) is 0 Å². The van der Waals surface area contributed by atoms with Crippen LogP contribution >= 0.6 is 22.9 Å². The second kappa shape index (κ2) is 4.94. The highest BCUT2D eigenvalue weighted by Crippen LogP contribution is 2.44. The highest BCUT2D eigenvalue weighted by molar-refractivity contribution is 7.10. The molecule has 0 saturated heterocycles. The molecule has 0 bridgehead atoms. The number of aryl methyl sites for hydroxylation is 1. The van der Waals surface area contributed by atoms with E-state index in [0.717, 1.165) is 16.6 Å². The average molecular weight is 278 g/mol. The zero-order valence-electron chi connectivity index (χ0n) is 10.3. The largest absolute Gasteiger partial charge is 0.377 e. The molecule has 0 spiro atoms. The Labute approximate surface area is 117 Å². The monoisotopic (exact) mass is 277 g/mol. The molecule has 1 saturated carbocycles. The maximum absolute atomic E-state index is 6.08. The molecule has 1 heterocycles. The first kappa shape index (κ1) is 12.1. The Morgan fingerprint density at radius 2 is 2.17 bits per heavy atom. The molecule has 3 rings (SSSR count). The minimum Gasteiger partial charge on any atom is -0.377 e. The van der Waals surface area contributed by atoms with Gasteiger partial charge in [0.05, 0.1) is 6.04 Å². The van der Waals surface area contributed by atoms with Gasteiger partial charge in [-0.05, 0) is 54.8 Å². The third-order valence-electron chi connectivity index (χ3n) is 3.45. The summed E-state index contributed by atoms with van der Waals surface area (Å²) >= 11 is 7.92. The summed E-state index contributed by atoms with van der Waals surface area (Å²) < 4.78 is 0. The zero-order valence-corrected chi connectivity index (χ0v) is 11.9. The lowest BCUT2D eigenvalue weighted by Crippen LogP contribution is -2.12. The minimum absolute atomic E-state index is 0.446. The summed E-state index contributed by atoms with van der Waals surface area (Å²) in [6, 6.07) is 10.8. The standard InChI is InChI=1S/C15H16ClNS/c1-10-4-7-12(16)9-13(10)17-15(11-5-6-11)14-3-2-8-18-14/h2-4,7-9,11,15,17H,5-6H2,1H3. The average Bonchev–Trinajstić information content (AvgIpc) is 3.05. The molecule has 1 N–H and O–H groups in total. The molecule has 18 heavy (non-hydrogen) atoms.